The van der Waals surface area contributed by atoms with Crippen molar-refractivity contribution in [1.82, 2.24) is 10.3 Å². The number of carboxylic acid groups (broad SMARTS) is 1. The molecule has 2 N–H and O–H groups in total. The lowest BCUT2D eigenvalue weighted by atomic mass is 9.72. The molecular weight excluding hydrogens is 396 g/mol. The van der Waals surface area contributed by atoms with Crippen LogP contribution in [0.5, 0.6) is 5.75 Å². The largest absolute Gasteiger partial charge is 0.490 e. The maximum absolute atomic E-state index is 10.5. The van der Waals surface area contributed by atoms with E-state index in [9.17, 15) is 4.79 Å². The van der Waals surface area contributed by atoms with Crippen LogP contribution in [0.3, 0.4) is 0 Å². The molecule has 0 aliphatic heterocycles. The fourth-order valence-corrected chi connectivity index (χ4v) is 4.80. The van der Waals surface area contributed by atoms with Crippen molar-refractivity contribution in [3.8, 4) is 17.0 Å². The molecule has 0 unspecified atom stereocenters. The Bertz CT molecular complexity index is 803. The fraction of sp³-hybridized carbons (Fsp3) is 0.583. The van der Waals surface area contributed by atoms with Crippen LogP contribution in [0, 0.1) is 11.3 Å². The lowest BCUT2D eigenvalue weighted by Crippen LogP contribution is -2.30. The molecule has 164 valence electrons. The molecule has 0 spiro atoms. The van der Waals surface area contributed by atoms with Crippen molar-refractivity contribution in [2.45, 2.75) is 71.9 Å². The van der Waals surface area contributed by atoms with E-state index in [1.54, 1.807) is 11.3 Å². The molecule has 5 nitrogen and oxygen atoms in total. The van der Waals surface area contributed by atoms with Crippen molar-refractivity contribution in [2.24, 2.45) is 11.3 Å². The second kappa shape index (κ2) is 10.4. The lowest BCUT2D eigenvalue weighted by Gasteiger charge is -2.36. The predicted octanol–water partition coefficient (Wildman–Crippen LogP) is 5.75. The van der Waals surface area contributed by atoms with Crippen LogP contribution in [0.4, 0.5) is 0 Å². The standard InChI is InChI=1S/C24H34N2O3S/c1-24(2,3)18-8-12-20(13-9-18)29-19-10-6-17(7-11-19)21-16-30-22(26-21)15-25-14-4-5-23(27)28/h6-7,10-11,16,18,20,25H,4-5,8-9,12-15H2,1-3H3,(H,27,28)/t18-,20-. The van der Waals surface area contributed by atoms with Crippen LogP contribution in [0.25, 0.3) is 11.3 Å². The smallest absolute Gasteiger partial charge is 0.303 e. The summed E-state index contributed by atoms with van der Waals surface area (Å²) in [6, 6.07) is 8.26. The Balaban J connectivity index is 1.46. The maximum Gasteiger partial charge on any atom is 0.303 e. The van der Waals surface area contributed by atoms with Gasteiger partial charge < -0.3 is 15.2 Å². The molecule has 3 rings (SSSR count). The van der Waals surface area contributed by atoms with Crippen LogP contribution in [0.15, 0.2) is 29.6 Å². The van der Waals surface area contributed by atoms with Gasteiger partial charge in [-0.2, -0.15) is 0 Å². The SMILES string of the molecule is CC(C)(C)[C@H]1CC[C@H](Oc2ccc(-c3csc(CNCCCC(=O)O)n3)cc2)CC1. The van der Waals surface area contributed by atoms with Crippen molar-refractivity contribution in [2.75, 3.05) is 6.54 Å². The van der Waals surface area contributed by atoms with Gasteiger partial charge in [-0.25, -0.2) is 4.98 Å². The van der Waals surface area contributed by atoms with E-state index in [-0.39, 0.29) is 6.42 Å². The molecule has 1 saturated carbocycles. The number of hydrogen-bond acceptors (Lipinski definition) is 5. The van der Waals surface area contributed by atoms with E-state index in [2.05, 4.69) is 48.6 Å². The second-order valence-electron chi connectivity index (χ2n) is 9.28. The summed E-state index contributed by atoms with van der Waals surface area (Å²) in [7, 11) is 0. The Kier molecular flexibility index (Phi) is 7.89. The summed E-state index contributed by atoms with van der Waals surface area (Å²) in [6.07, 6.45) is 5.93. The number of carbonyl (C=O) groups is 1. The Hall–Kier alpha value is -1.92. The number of rotatable bonds is 9. The molecule has 30 heavy (non-hydrogen) atoms. The molecule has 1 aromatic heterocycles. The van der Waals surface area contributed by atoms with Gasteiger partial charge in [0.2, 0.25) is 0 Å². The molecular formula is C24H34N2O3S. The van der Waals surface area contributed by atoms with E-state index < -0.39 is 5.97 Å². The van der Waals surface area contributed by atoms with Gasteiger partial charge in [0, 0.05) is 23.9 Å². The minimum Gasteiger partial charge on any atom is -0.490 e. The molecule has 2 aromatic rings. The van der Waals surface area contributed by atoms with Gasteiger partial charge in [-0.05, 0) is 74.2 Å². The number of thiazole rings is 1. The van der Waals surface area contributed by atoms with Gasteiger partial charge in [0.05, 0.1) is 11.8 Å². The van der Waals surface area contributed by atoms with Gasteiger partial charge in [0.25, 0.3) is 0 Å². The topological polar surface area (TPSA) is 71.5 Å². The molecule has 6 heteroatoms. The average molecular weight is 431 g/mol. The Morgan fingerprint density at radius 1 is 1.20 bits per heavy atom. The number of nitrogens with zero attached hydrogens (tertiary/aromatic N) is 1. The maximum atomic E-state index is 10.5. The molecule has 1 fully saturated rings. The minimum absolute atomic E-state index is 0.197. The number of aromatic nitrogens is 1. The molecule has 1 aliphatic rings. The highest BCUT2D eigenvalue weighted by molar-refractivity contribution is 7.09. The van der Waals surface area contributed by atoms with Gasteiger partial charge >= 0.3 is 5.97 Å². The first kappa shape index (κ1) is 22.8. The van der Waals surface area contributed by atoms with E-state index in [1.807, 2.05) is 12.1 Å². The molecule has 0 atom stereocenters. The molecule has 0 radical (unpaired) electrons. The van der Waals surface area contributed by atoms with E-state index in [0.717, 1.165) is 40.8 Å². The van der Waals surface area contributed by atoms with Gasteiger partial charge in [0.15, 0.2) is 0 Å². The fourth-order valence-electron chi connectivity index (χ4n) is 4.03. The number of hydrogen-bond donors (Lipinski definition) is 2. The molecule has 1 heterocycles. The van der Waals surface area contributed by atoms with Crippen molar-refractivity contribution in [1.29, 1.82) is 0 Å². The van der Waals surface area contributed by atoms with Crippen LogP contribution < -0.4 is 10.1 Å². The van der Waals surface area contributed by atoms with Crippen LogP contribution >= 0.6 is 11.3 Å². The van der Waals surface area contributed by atoms with Gasteiger partial charge in [-0.15, -0.1) is 11.3 Å². The first-order valence-electron chi connectivity index (χ1n) is 11.0. The van der Waals surface area contributed by atoms with Crippen LogP contribution in [-0.2, 0) is 11.3 Å². The van der Waals surface area contributed by atoms with E-state index in [1.165, 1.54) is 12.8 Å². The zero-order chi connectivity index (χ0) is 21.6. The van der Waals surface area contributed by atoms with E-state index in [4.69, 9.17) is 9.84 Å². The van der Waals surface area contributed by atoms with Gasteiger partial charge in [-0.1, -0.05) is 20.8 Å². The Morgan fingerprint density at radius 3 is 2.53 bits per heavy atom. The number of benzene rings is 1. The highest BCUT2D eigenvalue weighted by Crippen LogP contribution is 2.38. The van der Waals surface area contributed by atoms with E-state index in [0.29, 0.717) is 31.0 Å². The number of ether oxygens (including phenoxy) is 1. The third-order valence-corrected chi connectivity index (χ3v) is 6.77. The first-order valence-corrected chi connectivity index (χ1v) is 11.8. The minimum atomic E-state index is -0.752. The molecule has 1 aliphatic carbocycles. The summed E-state index contributed by atoms with van der Waals surface area (Å²) in [4.78, 5) is 15.2. The van der Waals surface area contributed by atoms with Crippen LogP contribution in [-0.4, -0.2) is 28.7 Å². The quantitative estimate of drug-likeness (QED) is 0.496. The summed E-state index contributed by atoms with van der Waals surface area (Å²) >= 11 is 1.62. The predicted molar refractivity (Wildman–Crippen MR) is 122 cm³/mol. The molecule has 1 aromatic carbocycles. The van der Waals surface area contributed by atoms with Crippen molar-refractivity contribution >= 4 is 17.3 Å². The number of nitrogens with one attached hydrogen (secondary N) is 1. The number of aliphatic carboxylic acids is 1. The van der Waals surface area contributed by atoms with Gasteiger partial charge in [-0.3, -0.25) is 4.79 Å². The third-order valence-electron chi connectivity index (χ3n) is 5.92. The number of carboxylic acids is 1. The van der Waals surface area contributed by atoms with Crippen LogP contribution in [0.1, 0.15) is 64.3 Å². The summed E-state index contributed by atoms with van der Waals surface area (Å²) in [6.45, 7) is 8.39. The highest BCUT2D eigenvalue weighted by Gasteiger charge is 2.30. The van der Waals surface area contributed by atoms with E-state index >= 15 is 0 Å². The zero-order valence-corrected chi connectivity index (χ0v) is 19.1. The van der Waals surface area contributed by atoms with Crippen molar-refractivity contribution in [3.05, 3.63) is 34.7 Å². The highest BCUT2D eigenvalue weighted by atomic mass is 32.1. The summed E-state index contributed by atoms with van der Waals surface area (Å²) in [5, 5.41) is 15.0. The summed E-state index contributed by atoms with van der Waals surface area (Å²) in [5.41, 5.74) is 2.46. The summed E-state index contributed by atoms with van der Waals surface area (Å²) in [5.74, 6) is 0.983. The summed E-state index contributed by atoms with van der Waals surface area (Å²) < 4.78 is 6.24. The normalized spacial score (nSPS) is 19.6. The lowest BCUT2D eigenvalue weighted by molar-refractivity contribution is -0.137. The second-order valence-corrected chi connectivity index (χ2v) is 10.2. The molecule has 0 saturated heterocycles. The third kappa shape index (κ3) is 6.81. The average Bonchev–Trinajstić information content (AvgIpc) is 3.17. The molecule has 0 amide bonds. The zero-order valence-electron chi connectivity index (χ0n) is 18.3. The monoisotopic (exact) mass is 430 g/mol. The Morgan fingerprint density at radius 2 is 1.90 bits per heavy atom. The first-order chi connectivity index (χ1) is 14.3. The van der Waals surface area contributed by atoms with Crippen LogP contribution in [0.2, 0.25) is 0 Å². The molecule has 0 bridgehead atoms. The van der Waals surface area contributed by atoms with Crippen molar-refractivity contribution < 1.29 is 14.6 Å². The Labute approximate surface area is 183 Å². The van der Waals surface area contributed by atoms with Gasteiger partial charge in [0.1, 0.15) is 10.8 Å². The van der Waals surface area contributed by atoms with Crippen molar-refractivity contribution in [3.63, 3.8) is 0 Å².